The van der Waals surface area contributed by atoms with Gasteiger partial charge in [0, 0.05) is 36.6 Å². The number of nitrogens with zero attached hydrogens (tertiary/aromatic N) is 3. The van der Waals surface area contributed by atoms with Crippen LogP contribution in [0.2, 0.25) is 0 Å². The van der Waals surface area contributed by atoms with E-state index in [0.29, 0.717) is 12.1 Å². The Bertz CT molecular complexity index is 1170. The number of nitrogens with two attached hydrogens (primary N) is 1. The van der Waals surface area contributed by atoms with E-state index in [1.54, 1.807) is 18.5 Å². The molecular formula is C22H30FN5O6S. The maximum absolute atomic E-state index is 14.8. The summed E-state index contributed by atoms with van der Waals surface area (Å²) in [6.45, 7) is 4.28. The third-order valence-electron chi connectivity index (χ3n) is 6.46. The molecular weight excluding hydrogens is 481 g/mol. The second-order valence-electron chi connectivity index (χ2n) is 9.71. The minimum Gasteiger partial charge on any atom is -0.390 e. The third kappa shape index (κ3) is 6.22. The molecule has 0 radical (unpaired) electrons. The average Bonchev–Trinajstić information content (AvgIpc) is 3.46. The number of aliphatic hydroxyl groups excluding tert-OH is 1. The molecule has 192 valence electrons. The molecule has 2 fully saturated rings. The van der Waals surface area contributed by atoms with E-state index in [1.807, 2.05) is 4.57 Å². The van der Waals surface area contributed by atoms with E-state index in [2.05, 4.69) is 33.3 Å². The molecule has 4 rings (SSSR count). The lowest BCUT2D eigenvalue weighted by Gasteiger charge is -2.19. The summed E-state index contributed by atoms with van der Waals surface area (Å²) >= 11 is 0. The molecule has 0 bridgehead atoms. The lowest BCUT2D eigenvalue weighted by molar-refractivity contribution is -0.0216. The number of carbonyl (C=O) groups is 1. The number of hydrogen-bond acceptors (Lipinski definition) is 9. The van der Waals surface area contributed by atoms with Crippen LogP contribution in [0.3, 0.4) is 0 Å². The average molecular weight is 512 g/mol. The summed E-state index contributed by atoms with van der Waals surface area (Å²) in [5.74, 6) is -1.03. The highest BCUT2D eigenvalue weighted by Gasteiger charge is 2.44. The molecule has 0 amide bonds. The molecule has 0 unspecified atom stereocenters. The Kier molecular flexibility index (Phi) is 7.25. The van der Waals surface area contributed by atoms with E-state index in [9.17, 15) is 22.7 Å². The molecule has 1 saturated carbocycles. The van der Waals surface area contributed by atoms with E-state index in [0.717, 1.165) is 12.8 Å². The molecule has 5 atom stereocenters. The second-order valence-corrected chi connectivity index (χ2v) is 10.9. The van der Waals surface area contributed by atoms with Crippen molar-refractivity contribution >= 4 is 21.9 Å². The number of aliphatic hydroxyl groups is 1. The first-order valence-electron chi connectivity index (χ1n) is 11.4. The summed E-state index contributed by atoms with van der Waals surface area (Å²) in [6, 6.07) is 0.768. The molecule has 0 aromatic carbocycles. The van der Waals surface area contributed by atoms with Gasteiger partial charge in [0.05, 0.1) is 36.0 Å². The van der Waals surface area contributed by atoms with Crippen molar-refractivity contribution in [3.8, 4) is 0 Å². The smallest absolute Gasteiger partial charge is 0.333 e. The van der Waals surface area contributed by atoms with E-state index >= 15 is 0 Å². The molecule has 4 N–H and O–H groups in total. The highest BCUT2D eigenvalue weighted by Crippen LogP contribution is 2.33. The number of nitrogens with one attached hydrogen (secondary N) is 1. The van der Waals surface area contributed by atoms with Gasteiger partial charge in [-0.2, -0.15) is 8.42 Å². The van der Waals surface area contributed by atoms with Crippen molar-refractivity contribution in [1.82, 2.24) is 14.5 Å². The molecule has 11 nitrogen and oxygen atoms in total. The minimum absolute atomic E-state index is 0.0452. The number of ketones is 1. The van der Waals surface area contributed by atoms with Crippen LogP contribution in [0.5, 0.6) is 0 Å². The van der Waals surface area contributed by atoms with Crippen LogP contribution in [0.4, 0.5) is 10.2 Å². The van der Waals surface area contributed by atoms with E-state index in [1.165, 1.54) is 12.5 Å². The van der Waals surface area contributed by atoms with E-state index in [-0.39, 0.29) is 35.3 Å². The van der Waals surface area contributed by atoms with Crippen LogP contribution in [-0.2, 0) is 25.8 Å². The first kappa shape index (κ1) is 25.6. The van der Waals surface area contributed by atoms with Crippen molar-refractivity contribution in [2.75, 3.05) is 11.9 Å². The van der Waals surface area contributed by atoms with Crippen LogP contribution in [0.1, 0.15) is 49.0 Å². The Morgan fingerprint density at radius 1 is 1.46 bits per heavy atom. The number of halogens is 1. The fraction of sp³-hybridized carbons (Fsp3) is 0.591. The summed E-state index contributed by atoms with van der Waals surface area (Å²) < 4.78 is 49.3. The number of anilines is 1. The third-order valence-corrected chi connectivity index (χ3v) is 6.92. The van der Waals surface area contributed by atoms with Gasteiger partial charge in [-0.3, -0.25) is 8.98 Å². The summed E-state index contributed by atoms with van der Waals surface area (Å²) in [6.07, 6.45) is 4.93. The number of carbonyl (C=O) groups excluding carboxylic acids is 1. The molecule has 1 aliphatic carbocycles. The van der Waals surface area contributed by atoms with Crippen molar-refractivity contribution in [2.24, 2.45) is 11.1 Å². The highest BCUT2D eigenvalue weighted by atomic mass is 32.2. The van der Waals surface area contributed by atoms with Crippen molar-refractivity contribution in [3.63, 3.8) is 0 Å². The maximum Gasteiger partial charge on any atom is 0.333 e. The maximum atomic E-state index is 14.8. The molecule has 3 heterocycles. The first-order chi connectivity index (χ1) is 16.4. The first-order valence-corrected chi connectivity index (χ1v) is 12.8. The fourth-order valence-corrected chi connectivity index (χ4v) is 5.02. The summed E-state index contributed by atoms with van der Waals surface area (Å²) in [5, 5.41) is 17.9. The van der Waals surface area contributed by atoms with Crippen LogP contribution in [0, 0.1) is 5.92 Å². The van der Waals surface area contributed by atoms with Gasteiger partial charge in [0.1, 0.15) is 18.3 Å². The molecule has 35 heavy (non-hydrogen) atoms. The Balaban J connectivity index is 1.44. The van der Waals surface area contributed by atoms with Crippen molar-refractivity contribution < 1.29 is 31.6 Å². The van der Waals surface area contributed by atoms with Gasteiger partial charge < -0.3 is 19.7 Å². The van der Waals surface area contributed by atoms with Gasteiger partial charge in [0.2, 0.25) is 0 Å². The monoisotopic (exact) mass is 511 g/mol. The molecule has 0 spiro atoms. The number of ether oxygens (including phenoxy) is 1. The standard InChI is InChI=1S/C22H30FN5O6S/c1-22(2)5-3-15(34-22)10-28-6-4-13(9-28)19(29)16-8-25-12-26-21(16)27-17-7-14(20(30)18(17)23)11-33-35(24,31)32/h4,6,8-9,12,14-15,17-18,20,30H,3,5,7,10-11H2,1-2H3,(H2,24,31,32)(H,25,26,27)/t14-,15-,17-,18-,20-/m1/s1. The van der Waals surface area contributed by atoms with Crippen LogP contribution in [0.15, 0.2) is 31.0 Å². The Hall–Kier alpha value is -2.45. The van der Waals surface area contributed by atoms with Gasteiger partial charge in [-0.05, 0) is 39.2 Å². The predicted molar refractivity (Wildman–Crippen MR) is 124 cm³/mol. The normalized spacial score (nSPS) is 28.3. The molecule has 2 aromatic heterocycles. The Morgan fingerprint density at radius 2 is 2.23 bits per heavy atom. The number of hydrogen-bond donors (Lipinski definition) is 3. The number of rotatable bonds is 9. The zero-order valence-corrected chi connectivity index (χ0v) is 20.3. The van der Waals surface area contributed by atoms with Crippen molar-refractivity contribution in [1.29, 1.82) is 0 Å². The molecule has 1 saturated heterocycles. The Morgan fingerprint density at radius 3 is 2.91 bits per heavy atom. The van der Waals surface area contributed by atoms with Crippen LogP contribution in [-0.4, -0.2) is 70.5 Å². The lowest BCUT2D eigenvalue weighted by atomic mass is 10.1. The van der Waals surface area contributed by atoms with Gasteiger partial charge in [0.25, 0.3) is 0 Å². The number of alkyl halides is 1. The predicted octanol–water partition coefficient (Wildman–Crippen LogP) is 1.19. The van der Waals surface area contributed by atoms with Crippen LogP contribution < -0.4 is 10.5 Å². The van der Waals surface area contributed by atoms with Gasteiger partial charge in [-0.1, -0.05) is 0 Å². The highest BCUT2D eigenvalue weighted by molar-refractivity contribution is 7.84. The second kappa shape index (κ2) is 9.90. The summed E-state index contributed by atoms with van der Waals surface area (Å²) in [7, 11) is -4.22. The van der Waals surface area contributed by atoms with E-state index in [4.69, 9.17) is 9.88 Å². The SMILES string of the molecule is CC1(C)CC[C@H](Cn2ccc(C(=O)c3cncnc3N[C@@H]3C[C@H](COS(N)(=O)=O)[C@@H](O)[C@@H]3F)c2)O1. The lowest BCUT2D eigenvalue weighted by Crippen LogP contribution is -2.33. The van der Waals surface area contributed by atoms with E-state index < -0.39 is 41.1 Å². The molecule has 2 aliphatic rings. The fourth-order valence-electron chi connectivity index (χ4n) is 4.65. The molecule has 2 aromatic rings. The zero-order chi connectivity index (χ0) is 25.4. The van der Waals surface area contributed by atoms with Gasteiger partial charge in [-0.25, -0.2) is 19.5 Å². The van der Waals surface area contributed by atoms with Gasteiger partial charge >= 0.3 is 10.3 Å². The Labute approximate surface area is 203 Å². The van der Waals surface area contributed by atoms with Crippen molar-refractivity contribution in [3.05, 3.63) is 42.1 Å². The van der Waals surface area contributed by atoms with Gasteiger partial charge in [-0.15, -0.1) is 0 Å². The van der Waals surface area contributed by atoms with Crippen molar-refractivity contribution in [2.45, 2.75) is 69.7 Å². The number of aromatic nitrogens is 3. The largest absolute Gasteiger partial charge is 0.390 e. The summed E-state index contributed by atoms with van der Waals surface area (Å²) in [4.78, 5) is 21.2. The van der Waals surface area contributed by atoms with Crippen LogP contribution >= 0.6 is 0 Å². The molecule has 1 aliphatic heterocycles. The molecule has 13 heteroatoms. The summed E-state index contributed by atoms with van der Waals surface area (Å²) in [5.41, 5.74) is 0.418. The quantitative estimate of drug-likeness (QED) is 0.420. The minimum atomic E-state index is -4.22. The van der Waals surface area contributed by atoms with Crippen LogP contribution in [0.25, 0.3) is 0 Å². The topological polar surface area (TPSA) is 159 Å². The van der Waals surface area contributed by atoms with Gasteiger partial charge in [0.15, 0.2) is 5.78 Å². The zero-order valence-electron chi connectivity index (χ0n) is 19.5.